The summed E-state index contributed by atoms with van der Waals surface area (Å²) in [4.78, 5) is 22.9. The van der Waals surface area contributed by atoms with E-state index in [2.05, 4.69) is 9.97 Å². The number of benzene rings is 1. The summed E-state index contributed by atoms with van der Waals surface area (Å²) in [6.45, 7) is 1.15. The average Bonchev–Trinajstić information content (AvgIpc) is 3.27. The van der Waals surface area contributed by atoms with E-state index >= 15 is 0 Å². The Morgan fingerprint density at radius 2 is 2.07 bits per heavy atom. The molecule has 138 valence electrons. The van der Waals surface area contributed by atoms with E-state index in [1.165, 1.54) is 11.3 Å². The quantitative estimate of drug-likeness (QED) is 0.483. The van der Waals surface area contributed by atoms with Gasteiger partial charge in [0.1, 0.15) is 16.4 Å². The Bertz CT molecular complexity index is 1150. The second-order valence-corrected chi connectivity index (χ2v) is 7.91. The van der Waals surface area contributed by atoms with Gasteiger partial charge in [0, 0.05) is 17.5 Å². The molecule has 0 amide bonds. The van der Waals surface area contributed by atoms with Gasteiger partial charge in [-0.25, -0.2) is 4.98 Å². The van der Waals surface area contributed by atoms with Crippen LogP contribution in [0.5, 0.6) is 0 Å². The number of nitrogens with one attached hydrogen (secondary N) is 1. The maximum atomic E-state index is 12.6. The van der Waals surface area contributed by atoms with Gasteiger partial charge in [0.25, 0.3) is 5.56 Å². The monoisotopic (exact) mass is 419 g/mol. The predicted octanol–water partition coefficient (Wildman–Crippen LogP) is 5.18. The molecule has 5 nitrogen and oxygen atoms in total. The lowest BCUT2D eigenvalue weighted by Gasteiger charge is -2.16. The van der Waals surface area contributed by atoms with E-state index in [1.807, 2.05) is 35.5 Å². The smallest absolute Gasteiger partial charge is 0.260 e. The van der Waals surface area contributed by atoms with Crippen molar-refractivity contribution in [1.82, 2.24) is 14.9 Å². The van der Waals surface area contributed by atoms with Gasteiger partial charge in [-0.05, 0) is 36.9 Å². The van der Waals surface area contributed by atoms with Gasteiger partial charge in [0.05, 0.1) is 28.2 Å². The van der Waals surface area contributed by atoms with Crippen LogP contribution in [0.25, 0.3) is 21.5 Å². The minimum absolute atomic E-state index is 0.161. The molecule has 0 saturated carbocycles. The van der Waals surface area contributed by atoms with Crippen molar-refractivity contribution in [2.75, 3.05) is 7.05 Å². The Balaban J connectivity index is 1.57. The Hall–Kier alpha value is -2.12. The second kappa shape index (κ2) is 7.48. The number of H-pyrrole nitrogens is 1. The summed E-state index contributed by atoms with van der Waals surface area (Å²) < 4.78 is 5.42. The van der Waals surface area contributed by atoms with Gasteiger partial charge in [0.15, 0.2) is 0 Å². The number of rotatable bonds is 5. The van der Waals surface area contributed by atoms with Gasteiger partial charge in [-0.3, -0.25) is 9.69 Å². The maximum Gasteiger partial charge on any atom is 0.260 e. The fraction of sp³-hybridized carbons (Fsp3) is 0.158. The van der Waals surface area contributed by atoms with E-state index in [4.69, 9.17) is 27.6 Å². The lowest BCUT2D eigenvalue weighted by Crippen LogP contribution is -2.21. The van der Waals surface area contributed by atoms with Crippen molar-refractivity contribution in [2.45, 2.75) is 13.1 Å². The van der Waals surface area contributed by atoms with Gasteiger partial charge >= 0.3 is 0 Å². The first kappa shape index (κ1) is 18.3. The highest BCUT2D eigenvalue weighted by atomic mass is 35.5. The first-order valence-electron chi connectivity index (χ1n) is 8.18. The fourth-order valence-electron chi connectivity index (χ4n) is 2.94. The van der Waals surface area contributed by atoms with Crippen LogP contribution in [-0.4, -0.2) is 21.9 Å². The number of halogens is 2. The molecule has 0 aliphatic heterocycles. The molecule has 3 heterocycles. The van der Waals surface area contributed by atoms with Gasteiger partial charge in [-0.2, -0.15) is 0 Å². The van der Waals surface area contributed by atoms with Gasteiger partial charge < -0.3 is 9.40 Å². The number of fused-ring (bicyclic) bond motifs is 1. The SMILES string of the molecule is CN(Cc1ccc(Cl)c(Cl)c1)Cc1nc2scc(-c3ccco3)c2c(=O)[nH]1. The molecule has 0 spiro atoms. The summed E-state index contributed by atoms with van der Waals surface area (Å²) in [6, 6.07) is 9.18. The zero-order valence-corrected chi connectivity index (χ0v) is 16.7. The zero-order chi connectivity index (χ0) is 19.0. The van der Waals surface area contributed by atoms with Crippen LogP contribution >= 0.6 is 34.5 Å². The molecular weight excluding hydrogens is 405 g/mol. The standard InChI is InChI=1S/C19H15Cl2N3O2S/c1-24(8-11-4-5-13(20)14(21)7-11)9-16-22-18(25)17-12(10-27-19(17)23-16)15-3-2-6-26-15/h2-7,10H,8-9H2,1H3,(H,22,23,25). The predicted molar refractivity (Wildman–Crippen MR) is 110 cm³/mol. The van der Waals surface area contributed by atoms with Crippen molar-refractivity contribution in [2.24, 2.45) is 0 Å². The molecule has 27 heavy (non-hydrogen) atoms. The molecule has 0 aliphatic rings. The van der Waals surface area contributed by atoms with Gasteiger partial charge in [-0.15, -0.1) is 11.3 Å². The lowest BCUT2D eigenvalue weighted by molar-refractivity contribution is 0.311. The van der Waals surface area contributed by atoms with Crippen molar-refractivity contribution >= 4 is 44.8 Å². The number of nitrogens with zero attached hydrogens (tertiary/aromatic N) is 2. The molecule has 0 aliphatic carbocycles. The van der Waals surface area contributed by atoms with Gasteiger partial charge in [0.2, 0.25) is 0 Å². The molecule has 0 saturated heterocycles. The molecule has 0 atom stereocenters. The number of aromatic amines is 1. The Morgan fingerprint density at radius 1 is 1.22 bits per heavy atom. The molecule has 4 aromatic rings. The van der Waals surface area contributed by atoms with E-state index in [0.29, 0.717) is 44.9 Å². The highest BCUT2D eigenvalue weighted by molar-refractivity contribution is 7.17. The highest BCUT2D eigenvalue weighted by Crippen LogP contribution is 2.31. The first-order chi connectivity index (χ1) is 13.0. The van der Waals surface area contributed by atoms with E-state index in [-0.39, 0.29) is 5.56 Å². The van der Waals surface area contributed by atoms with E-state index < -0.39 is 0 Å². The van der Waals surface area contributed by atoms with E-state index in [9.17, 15) is 4.79 Å². The topological polar surface area (TPSA) is 62.1 Å². The van der Waals surface area contributed by atoms with Crippen molar-refractivity contribution < 1.29 is 4.42 Å². The Kier molecular flexibility index (Phi) is 5.06. The normalized spacial score (nSPS) is 11.6. The van der Waals surface area contributed by atoms with E-state index in [0.717, 1.165) is 11.1 Å². The number of furan rings is 1. The minimum Gasteiger partial charge on any atom is -0.464 e. The summed E-state index contributed by atoms with van der Waals surface area (Å²) in [7, 11) is 1.95. The maximum absolute atomic E-state index is 12.6. The lowest BCUT2D eigenvalue weighted by atomic mass is 10.2. The molecule has 0 bridgehead atoms. The van der Waals surface area contributed by atoms with Gasteiger partial charge in [-0.1, -0.05) is 29.3 Å². The van der Waals surface area contributed by atoms with E-state index in [1.54, 1.807) is 18.4 Å². The molecule has 8 heteroatoms. The molecule has 0 fully saturated rings. The molecule has 0 unspecified atom stereocenters. The average molecular weight is 420 g/mol. The first-order valence-corrected chi connectivity index (χ1v) is 9.81. The summed E-state index contributed by atoms with van der Waals surface area (Å²) in [5, 5.41) is 3.52. The number of hydrogen-bond acceptors (Lipinski definition) is 5. The molecule has 3 aromatic heterocycles. The number of hydrogen-bond donors (Lipinski definition) is 1. The van der Waals surface area contributed by atoms with Crippen LogP contribution in [0.15, 0.2) is 51.2 Å². The highest BCUT2D eigenvalue weighted by Gasteiger charge is 2.15. The molecule has 1 aromatic carbocycles. The summed E-state index contributed by atoms with van der Waals surface area (Å²) in [5.74, 6) is 1.28. The van der Waals surface area contributed by atoms with Crippen LogP contribution < -0.4 is 5.56 Å². The largest absolute Gasteiger partial charge is 0.464 e. The fourth-order valence-corrected chi connectivity index (χ4v) is 4.21. The third-order valence-corrected chi connectivity index (χ3v) is 5.75. The third kappa shape index (κ3) is 3.80. The number of thiophene rings is 1. The second-order valence-electron chi connectivity index (χ2n) is 6.24. The molecule has 4 rings (SSSR count). The molecule has 0 radical (unpaired) electrons. The van der Waals surface area contributed by atoms with Crippen molar-refractivity contribution in [1.29, 1.82) is 0 Å². The summed E-state index contributed by atoms with van der Waals surface area (Å²) >= 11 is 13.5. The third-order valence-electron chi connectivity index (χ3n) is 4.14. The summed E-state index contributed by atoms with van der Waals surface area (Å²) in [5.41, 5.74) is 1.64. The van der Waals surface area contributed by atoms with Crippen LogP contribution in [0.3, 0.4) is 0 Å². The van der Waals surface area contributed by atoms with Crippen molar-refractivity contribution in [3.05, 3.63) is 73.8 Å². The Morgan fingerprint density at radius 3 is 2.81 bits per heavy atom. The van der Waals surface area contributed by atoms with Crippen LogP contribution in [0.1, 0.15) is 11.4 Å². The summed E-state index contributed by atoms with van der Waals surface area (Å²) in [6.07, 6.45) is 1.59. The van der Waals surface area contributed by atoms with Crippen LogP contribution in [0, 0.1) is 0 Å². The van der Waals surface area contributed by atoms with Crippen molar-refractivity contribution in [3.8, 4) is 11.3 Å². The molecule has 1 N–H and O–H groups in total. The van der Waals surface area contributed by atoms with Crippen LogP contribution in [0.4, 0.5) is 0 Å². The van der Waals surface area contributed by atoms with Crippen LogP contribution in [-0.2, 0) is 13.1 Å². The van der Waals surface area contributed by atoms with Crippen LogP contribution in [0.2, 0.25) is 10.0 Å². The Labute approximate surface area is 169 Å². The zero-order valence-electron chi connectivity index (χ0n) is 14.3. The van der Waals surface area contributed by atoms with Crippen molar-refractivity contribution in [3.63, 3.8) is 0 Å². The minimum atomic E-state index is -0.161. The number of aromatic nitrogens is 2. The molecular formula is C19H15Cl2N3O2S.